The summed E-state index contributed by atoms with van der Waals surface area (Å²) in [6.45, 7) is 0. The van der Waals surface area contributed by atoms with E-state index in [4.69, 9.17) is 5.73 Å². The van der Waals surface area contributed by atoms with Crippen molar-refractivity contribution in [1.29, 1.82) is 0 Å². The molecule has 16 nitrogen and oxygen atoms in total. The summed E-state index contributed by atoms with van der Waals surface area (Å²) < 4.78 is 0. The Morgan fingerprint density at radius 3 is 2.24 bits per heavy atom. The molecule has 8 N–H and O–H groups in total. The number of hydrogen-bond acceptors (Lipinski definition) is 12. The van der Waals surface area contributed by atoms with E-state index in [1.165, 1.54) is 49.3 Å². The molecule has 0 spiro atoms. The number of urea groups is 1. The maximum Gasteiger partial charge on any atom is 0.323 e. The normalized spacial score (nSPS) is 23.8. The average Bonchev–Trinajstić information content (AvgIpc) is 2.96. The molecule has 1 saturated carbocycles. The van der Waals surface area contributed by atoms with E-state index in [0.29, 0.717) is 11.3 Å². The van der Waals surface area contributed by atoms with Crippen LogP contribution in [0.2, 0.25) is 0 Å². The summed E-state index contributed by atoms with van der Waals surface area (Å²) in [5, 5.41) is 61.6. The summed E-state index contributed by atoms with van der Waals surface area (Å²) in [7, 11) is 6.40. The number of ketones is 2. The van der Waals surface area contributed by atoms with E-state index in [0.717, 1.165) is 0 Å². The topological polar surface area (TPSA) is 249 Å². The summed E-state index contributed by atoms with van der Waals surface area (Å²) in [5.41, 5.74) is 1.86. The largest absolute Gasteiger partial charge is 0.508 e. The summed E-state index contributed by atoms with van der Waals surface area (Å²) >= 11 is 0. The molecule has 0 bridgehead atoms. The number of nitrogens with two attached hydrogens (primary N) is 1. The maximum absolute atomic E-state index is 14.1. The molecule has 3 aliphatic rings. The third-order valence-corrected chi connectivity index (χ3v) is 8.76. The summed E-state index contributed by atoms with van der Waals surface area (Å²) in [5.74, 6) is -7.84. The maximum atomic E-state index is 14.1. The van der Waals surface area contributed by atoms with E-state index in [2.05, 4.69) is 10.6 Å². The smallest absolute Gasteiger partial charge is 0.323 e. The second kappa shape index (κ2) is 11.1. The number of Topliss-reactive ketones (excluding diaryl/α,β-unsaturated/α-hetero) is 2. The molecular formula is C30H32N6O10. The molecule has 0 heterocycles. The van der Waals surface area contributed by atoms with Crippen LogP contribution in [-0.4, -0.2) is 93.6 Å². The lowest BCUT2D eigenvalue weighted by molar-refractivity contribution is -0.384. The molecule has 16 heteroatoms. The minimum Gasteiger partial charge on any atom is -0.508 e. The number of fused-ring (bicyclic) bond motifs is 3. The number of aliphatic hydroxyl groups is 3. The molecule has 3 aliphatic carbocycles. The molecule has 4 atom stereocenters. The van der Waals surface area contributed by atoms with Crippen LogP contribution in [0, 0.1) is 22.0 Å². The molecule has 242 valence electrons. The Morgan fingerprint density at radius 2 is 1.70 bits per heavy atom. The number of hydrogen-bond donors (Lipinski definition) is 7. The highest BCUT2D eigenvalue weighted by molar-refractivity contribution is 6.24. The number of nitrogens with zero attached hydrogens (tertiary/aromatic N) is 3. The van der Waals surface area contributed by atoms with E-state index in [1.54, 1.807) is 19.0 Å². The number of phenolic OH excluding ortho intramolecular Hbond substituents is 1. The van der Waals surface area contributed by atoms with Crippen molar-refractivity contribution in [3.63, 3.8) is 0 Å². The van der Waals surface area contributed by atoms with Gasteiger partial charge in [0, 0.05) is 49.1 Å². The van der Waals surface area contributed by atoms with Gasteiger partial charge in [-0.2, -0.15) is 0 Å². The van der Waals surface area contributed by atoms with Crippen LogP contribution in [-0.2, 0) is 20.8 Å². The highest BCUT2D eigenvalue weighted by Crippen LogP contribution is 2.54. The number of nitro benzene ring substituents is 1. The predicted octanol–water partition coefficient (Wildman–Crippen LogP) is 1.58. The lowest BCUT2D eigenvalue weighted by Gasteiger charge is -2.50. The van der Waals surface area contributed by atoms with E-state index < -0.39 is 74.7 Å². The molecule has 0 saturated heterocycles. The van der Waals surface area contributed by atoms with Crippen molar-refractivity contribution in [2.75, 3.05) is 43.7 Å². The van der Waals surface area contributed by atoms with Crippen molar-refractivity contribution in [2.24, 2.45) is 17.6 Å². The van der Waals surface area contributed by atoms with Crippen LogP contribution in [0.4, 0.5) is 27.5 Å². The number of amides is 3. The number of aliphatic hydroxyl groups excluding tert-OH is 2. The Bertz CT molecular complexity index is 1780. The standard InChI is InChI=1S/C30H32N6O10/c1-34(2)18-11-17(33-29(43)32-13-5-7-14(8-6-13)36(45)46)23(37)20-15(18)9-12-10-16-22(35(3)4)25(39)21(28(31)42)27(41)30(16,44)26(40)19(12)24(20)38/h5-8,11-12,16,22,37-38,41,44H,9-10H2,1-4H3,(H2,31,42)(H2,32,33,43). The molecule has 0 radical (unpaired) electrons. The molecule has 46 heavy (non-hydrogen) atoms. The van der Waals surface area contributed by atoms with Gasteiger partial charge in [0.2, 0.25) is 5.78 Å². The van der Waals surface area contributed by atoms with Gasteiger partial charge in [0.1, 0.15) is 17.1 Å². The molecule has 5 rings (SSSR count). The van der Waals surface area contributed by atoms with Crippen LogP contribution < -0.4 is 21.3 Å². The molecule has 0 aromatic heterocycles. The van der Waals surface area contributed by atoms with Gasteiger partial charge in [-0.1, -0.05) is 0 Å². The fraction of sp³-hybridized carbons (Fsp3) is 0.333. The first-order valence-corrected chi connectivity index (χ1v) is 14.0. The predicted molar refractivity (Wildman–Crippen MR) is 164 cm³/mol. The van der Waals surface area contributed by atoms with Crippen molar-refractivity contribution in [3.8, 4) is 5.75 Å². The van der Waals surface area contributed by atoms with Gasteiger partial charge in [-0.3, -0.25) is 29.4 Å². The monoisotopic (exact) mass is 636 g/mol. The number of primary amides is 1. The Hall–Kier alpha value is -5.48. The number of phenols is 1. The lowest BCUT2D eigenvalue weighted by Crippen LogP contribution is -2.65. The van der Waals surface area contributed by atoms with Crippen LogP contribution in [0.15, 0.2) is 47.2 Å². The van der Waals surface area contributed by atoms with Crippen LogP contribution in [0.5, 0.6) is 5.75 Å². The zero-order valence-electron chi connectivity index (χ0n) is 25.2. The molecule has 1 fully saturated rings. The first kappa shape index (κ1) is 31.9. The van der Waals surface area contributed by atoms with Gasteiger partial charge in [0.15, 0.2) is 17.1 Å². The van der Waals surface area contributed by atoms with Gasteiger partial charge in [-0.25, -0.2) is 4.79 Å². The van der Waals surface area contributed by atoms with Gasteiger partial charge < -0.3 is 41.7 Å². The lowest BCUT2D eigenvalue weighted by atomic mass is 9.57. The van der Waals surface area contributed by atoms with E-state index >= 15 is 0 Å². The number of aromatic hydroxyl groups is 1. The van der Waals surface area contributed by atoms with Crippen LogP contribution in [0.1, 0.15) is 17.5 Å². The minimum atomic E-state index is -2.79. The zero-order valence-corrected chi connectivity index (χ0v) is 25.2. The first-order chi connectivity index (χ1) is 21.5. The highest BCUT2D eigenvalue weighted by atomic mass is 16.6. The van der Waals surface area contributed by atoms with Gasteiger partial charge >= 0.3 is 6.03 Å². The number of anilines is 3. The van der Waals surface area contributed by atoms with Gasteiger partial charge in [-0.05, 0) is 56.6 Å². The quantitative estimate of drug-likeness (QED) is 0.103. The van der Waals surface area contributed by atoms with Crippen LogP contribution in [0.25, 0.3) is 5.76 Å². The number of carbonyl (C=O) groups excluding carboxylic acids is 4. The van der Waals surface area contributed by atoms with Crippen LogP contribution >= 0.6 is 0 Å². The fourth-order valence-electron chi connectivity index (χ4n) is 6.74. The number of non-ortho nitro benzene ring substituents is 1. The first-order valence-electron chi connectivity index (χ1n) is 14.0. The van der Waals surface area contributed by atoms with Crippen molar-refractivity contribution in [3.05, 3.63) is 68.5 Å². The average molecular weight is 637 g/mol. The second-order valence-corrected chi connectivity index (χ2v) is 11.9. The van der Waals surface area contributed by atoms with Gasteiger partial charge in [-0.15, -0.1) is 0 Å². The summed E-state index contributed by atoms with van der Waals surface area (Å²) in [4.78, 5) is 65.8. The summed E-state index contributed by atoms with van der Waals surface area (Å²) in [6.07, 6.45) is -0.0120. The fourth-order valence-corrected chi connectivity index (χ4v) is 6.74. The number of rotatable bonds is 6. The Kier molecular flexibility index (Phi) is 7.74. The third kappa shape index (κ3) is 4.78. The van der Waals surface area contributed by atoms with Crippen LogP contribution in [0.3, 0.4) is 0 Å². The van der Waals surface area contributed by atoms with Gasteiger partial charge in [0.25, 0.3) is 11.6 Å². The minimum absolute atomic E-state index is 0.0604. The van der Waals surface area contributed by atoms with Crippen molar-refractivity contribution < 1.29 is 44.5 Å². The third-order valence-electron chi connectivity index (χ3n) is 8.76. The molecule has 2 aromatic rings. The molecule has 2 aromatic carbocycles. The number of nitro groups is 1. The molecule has 0 aliphatic heterocycles. The van der Waals surface area contributed by atoms with Gasteiger partial charge in [0.05, 0.1) is 22.2 Å². The Labute approximate surface area is 261 Å². The van der Waals surface area contributed by atoms with Crippen molar-refractivity contribution in [1.82, 2.24) is 4.90 Å². The second-order valence-electron chi connectivity index (χ2n) is 11.9. The molecule has 3 amide bonds. The molecule has 4 unspecified atom stereocenters. The number of carbonyl (C=O) groups is 4. The van der Waals surface area contributed by atoms with Crippen molar-refractivity contribution in [2.45, 2.75) is 24.5 Å². The van der Waals surface area contributed by atoms with E-state index in [-0.39, 0.29) is 41.0 Å². The number of nitrogens with one attached hydrogen (secondary N) is 2. The van der Waals surface area contributed by atoms with Crippen molar-refractivity contribution >= 4 is 52.0 Å². The number of likely N-dealkylation sites (N-methyl/N-ethyl adjacent to an activating group) is 1. The van der Waals surface area contributed by atoms with E-state index in [9.17, 15) is 49.7 Å². The Morgan fingerprint density at radius 1 is 1.07 bits per heavy atom. The number of benzene rings is 2. The molecular weight excluding hydrogens is 604 g/mol. The summed E-state index contributed by atoms with van der Waals surface area (Å²) in [6, 6.07) is 4.43. The highest BCUT2D eigenvalue weighted by Gasteiger charge is 2.64. The Balaban J connectivity index is 1.60. The SMILES string of the molecule is CN(C)c1cc(NC(=O)Nc2ccc([N+](=O)[O-])cc2)c(O)c2c1CC1CC3C(N(C)C)C(=O)C(C(N)=O)=C(O)C3(O)C(=O)C1=C2O. The zero-order chi connectivity index (χ0) is 34.0. The van der Waals surface area contributed by atoms with E-state index in [1.807, 2.05) is 0 Å².